The first-order chi connectivity index (χ1) is 10.9. The minimum absolute atomic E-state index is 0.0328. The number of aryl methyl sites for hydroxylation is 1. The van der Waals surface area contributed by atoms with Crippen LogP contribution in [0.25, 0.3) is 0 Å². The molecule has 1 aromatic rings. The Hall–Kier alpha value is -1.44. The highest BCUT2D eigenvalue weighted by Gasteiger charge is 2.27. The predicted molar refractivity (Wildman–Crippen MR) is 94.0 cm³/mol. The predicted octanol–water partition coefficient (Wildman–Crippen LogP) is 3.27. The van der Waals surface area contributed by atoms with Crippen molar-refractivity contribution in [2.45, 2.75) is 70.4 Å². The maximum atomic E-state index is 9.47. The van der Waals surface area contributed by atoms with E-state index in [0.717, 1.165) is 36.6 Å². The maximum absolute atomic E-state index is 9.47. The molecular weight excluding hydrogens is 284 g/mol. The quantitative estimate of drug-likeness (QED) is 0.845. The van der Waals surface area contributed by atoms with Gasteiger partial charge in [0.25, 0.3) is 0 Å². The van der Waals surface area contributed by atoms with E-state index in [9.17, 15) is 5.26 Å². The molecule has 4 heteroatoms. The van der Waals surface area contributed by atoms with Crippen molar-refractivity contribution in [2.24, 2.45) is 11.7 Å². The zero-order valence-corrected chi connectivity index (χ0v) is 14.7. The monoisotopic (exact) mass is 314 g/mol. The minimum Gasteiger partial charge on any atom is -0.328 e. The number of pyridine rings is 1. The Balaban J connectivity index is 1.88. The van der Waals surface area contributed by atoms with Crippen molar-refractivity contribution < 1.29 is 0 Å². The van der Waals surface area contributed by atoms with Gasteiger partial charge < -0.3 is 11.1 Å². The molecule has 2 rings (SSSR count). The number of nitrogens with one attached hydrogen (secondary N) is 1. The van der Waals surface area contributed by atoms with Crippen LogP contribution in [0.4, 0.5) is 0 Å². The van der Waals surface area contributed by atoms with E-state index in [1.807, 2.05) is 25.1 Å². The second-order valence-corrected chi connectivity index (χ2v) is 7.64. The van der Waals surface area contributed by atoms with Gasteiger partial charge in [0.05, 0.1) is 11.8 Å². The number of nitrogens with zero attached hydrogens (tertiary/aromatic N) is 2. The van der Waals surface area contributed by atoms with E-state index in [1.165, 1.54) is 12.8 Å². The van der Waals surface area contributed by atoms with Crippen molar-refractivity contribution in [3.63, 3.8) is 0 Å². The second kappa shape index (κ2) is 7.90. The molecule has 0 aromatic carbocycles. The molecule has 0 bridgehead atoms. The molecule has 126 valence electrons. The van der Waals surface area contributed by atoms with Gasteiger partial charge >= 0.3 is 0 Å². The highest BCUT2D eigenvalue weighted by atomic mass is 15.0. The fraction of sp³-hybridized carbons (Fsp3) is 0.684. The molecule has 1 atom stereocenters. The zero-order valence-electron chi connectivity index (χ0n) is 14.7. The van der Waals surface area contributed by atoms with Gasteiger partial charge in [0, 0.05) is 23.8 Å². The molecule has 1 unspecified atom stereocenters. The molecule has 0 amide bonds. The Labute approximate surface area is 140 Å². The number of rotatable bonds is 6. The van der Waals surface area contributed by atoms with Crippen LogP contribution >= 0.6 is 0 Å². The van der Waals surface area contributed by atoms with E-state index in [-0.39, 0.29) is 11.5 Å². The van der Waals surface area contributed by atoms with Crippen molar-refractivity contribution in [3.05, 3.63) is 29.6 Å². The largest absolute Gasteiger partial charge is 0.328 e. The van der Waals surface area contributed by atoms with E-state index in [0.29, 0.717) is 12.6 Å². The SMILES string of the molecule is Cc1cccc(C(C#N)CNC(C)(C)CC2CCC(N)CC2)n1. The van der Waals surface area contributed by atoms with Crippen molar-refractivity contribution in [1.29, 1.82) is 5.26 Å². The standard InChI is InChI=1S/C19H30N4/c1-14-5-4-6-18(23-14)16(12-20)13-22-19(2,3)11-15-7-9-17(21)10-8-15/h4-6,15-17,22H,7-11,13,21H2,1-3H3. The van der Waals surface area contributed by atoms with Crippen LogP contribution in [0.3, 0.4) is 0 Å². The van der Waals surface area contributed by atoms with E-state index in [4.69, 9.17) is 5.73 Å². The fourth-order valence-electron chi connectivity index (χ4n) is 3.54. The van der Waals surface area contributed by atoms with Gasteiger partial charge in [-0.2, -0.15) is 5.26 Å². The molecule has 3 N–H and O–H groups in total. The Kier molecular flexibility index (Phi) is 6.15. The molecule has 0 aliphatic heterocycles. The molecule has 1 aliphatic carbocycles. The molecule has 23 heavy (non-hydrogen) atoms. The normalized spacial score (nSPS) is 23.3. The van der Waals surface area contributed by atoms with Crippen molar-refractivity contribution in [2.75, 3.05) is 6.54 Å². The van der Waals surface area contributed by atoms with Gasteiger partial charge in [0.1, 0.15) is 5.92 Å². The van der Waals surface area contributed by atoms with E-state index in [2.05, 4.69) is 30.2 Å². The third-order valence-corrected chi connectivity index (χ3v) is 4.90. The lowest BCUT2D eigenvalue weighted by Gasteiger charge is -2.34. The molecule has 0 saturated heterocycles. The zero-order chi connectivity index (χ0) is 16.9. The fourth-order valence-corrected chi connectivity index (χ4v) is 3.54. The number of aromatic nitrogens is 1. The molecule has 4 nitrogen and oxygen atoms in total. The molecule has 1 heterocycles. The lowest BCUT2D eigenvalue weighted by atomic mass is 9.79. The first-order valence-electron chi connectivity index (χ1n) is 8.73. The lowest BCUT2D eigenvalue weighted by Crippen LogP contribution is -2.43. The summed E-state index contributed by atoms with van der Waals surface area (Å²) in [6, 6.07) is 8.66. The molecular formula is C19H30N4. The summed E-state index contributed by atoms with van der Waals surface area (Å²) in [5.41, 5.74) is 7.85. The summed E-state index contributed by atoms with van der Waals surface area (Å²) in [5.74, 6) is 0.545. The Bertz CT molecular complexity index is 539. The van der Waals surface area contributed by atoms with Gasteiger partial charge in [0.2, 0.25) is 0 Å². The van der Waals surface area contributed by atoms with Gasteiger partial charge in [-0.25, -0.2) is 0 Å². The van der Waals surface area contributed by atoms with Crippen LogP contribution in [0.5, 0.6) is 0 Å². The second-order valence-electron chi connectivity index (χ2n) is 7.64. The van der Waals surface area contributed by atoms with Crippen molar-refractivity contribution in [3.8, 4) is 6.07 Å². The molecule has 0 radical (unpaired) electrons. The number of hydrogen-bond acceptors (Lipinski definition) is 4. The summed E-state index contributed by atoms with van der Waals surface area (Å²) in [4.78, 5) is 4.49. The molecule has 1 fully saturated rings. The van der Waals surface area contributed by atoms with Crippen molar-refractivity contribution in [1.82, 2.24) is 10.3 Å². The van der Waals surface area contributed by atoms with Crippen LogP contribution in [-0.2, 0) is 0 Å². The van der Waals surface area contributed by atoms with E-state index >= 15 is 0 Å². The highest BCUT2D eigenvalue weighted by molar-refractivity contribution is 5.20. The third-order valence-electron chi connectivity index (χ3n) is 4.90. The van der Waals surface area contributed by atoms with Crippen LogP contribution in [0.2, 0.25) is 0 Å². The van der Waals surface area contributed by atoms with E-state index < -0.39 is 0 Å². The Morgan fingerprint density at radius 1 is 1.35 bits per heavy atom. The van der Waals surface area contributed by atoms with Crippen LogP contribution < -0.4 is 11.1 Å². The van der Waals surface area contributed by atoms with Gasteiger partial charge in [-0.1, -0.05) is 6.07 Å². The molecule has 1 aliphatic rings. The Morgan fingerprint density at radius 2 is 2.04 bits per heavy atom. The summed E-state index contributed by atoms with van der Waals surface area (Å²) in [6.45, 7) is 7.08. The average molecular weight is 314 g/mol. The molecule has 0 spiro atoms. The summed E-state index contributed by atoms with van der Waals surface area (Å²) < 4.78 is 0. The van der Waals surface area contributed by atoms with Crippen molar-refractivity contribution >= 4 is 0 Å². The number of nitriles is 1. The first kappa shape index (κ1) is 17.9. The number of hydrogen-bond donors (Lipinski definition) is 2. The summed E-state index contributed by atoms with van der Waals surface area (Å²) in [7, 11) is 0. The van der Waals surface area contributed by atoms with Gasteiger partial charge in [-0.05, 0) is 70.9 Å². The van der Waals surface area contributed by atoms with Crippen LogP contribution in [0.1, 0.15) is 63.3 Å². The smallest absolute Gasteiger partial charge is 0.101 e. The molecule has 1 saturated carbocycles. The van der Waals surface area contributed by atoms with Crippen LogP contribution in [-0.4, -0.2) is 23.1 Å². The topological polar surface area (TPSA) is 74.7 Å². The lowest BCUT2D eigenvalue weighted by molar-refractivity contribution is 0.235. The average Bonchev–Trinajstić information content (AvgIpc) is 2.50. The van der Waals surface area contributed by atoms with Crippen LogP contribution in [0.15, 0.2) is 18.2 Å². The van der Waals surface area contributed by atoms with Crippen LogP contribution in [0, 0.1) is 24.2 Å². The highest BCUT2D eigenvalue weighted by Crippen LogP contribution is 2.30. The third kappa shape index (κ3) is 5.60. The van der Waals surface area contributed by atoms with E-state index in [1.54, 1.807) is 0 Å². The summed E-state index contributed by atoms with van der Waals surface area (Å²) in [5, 5.41) is 13.1. The van der Waals surface area contributed by atoms with Gasteiger partial charge in [-0.3, -0.25) is 4.98 Å². The van der Waals surface area contributed by atoms with Gasteiger partial charge in [-0.15, -0.1) is 0 Å². The summed E-state index contributed by atoms with van der Waals surface area (Å²) in [6.07, 6.45) is 5.89. The number of nitrogens with two attached hydrogens (primary N) is 1. The maximum Gasteiger partial charge on any atom is 0.101 e. The Morgan fingerprint density at radius 3 is 2.65 bits per heavy atom. The minimum atomic E-state index is -0.200. The van der Waals surface area contributed by atoms with Gasteiger partial charge in [0.15, 0.2) is 0 Å². The first-order valence-corrected chi connectivity index (χ1v) is 8.73. The molecule has 1 aromatic heterocycles. The summed E-state index contributed by atoms with van der Waals surface area (Å²) >= 11 is 0.